The fourth-order valence-electron chi connectivity index (χ4n) is 4.71. The van der Waals surface area contributed by atoms with Crippen LogP contribution in [0, 0.1) is 6.92 Å². The van der Waals surface area contributed by atoms with E-state index >= 15 is 0 Å². The summed E-state index contributed by atoms with van der Waals surface area (Å²) in [6.07, 6.45) is 1.60. The quantitative estimate of drug-likeness (QED) is 0.520. The van der Waals surface area contributed by atoms with Crippen LogP contribution < -0.4 is 0 Å². The molecule has 1 unspecified atom stereocenters. The van der Waals surface area contributed by atoms with Crippen molar-refractivity contribution in [3.05, 3.63) is 65.9 Å². The Morgan fingerprint density at radius 1 is 0.882 bits per heavy atom. The third kappa shape index (κ3) is 3.98. The molecule has 0 aliphatic carbocycles. The molecule has 1 atom stereocenters. The van der Waals surface area contributed by atoms with Gasteiger partial charge in [-0.2, -0.15) is 17.0 Å². The molecule has 184 valence electrons. The van der Waals surface area contributed by atoms with Gasteiger partial charge in [0.05, 0.1) is 16.5 Å². The fraction of sp³-hybridized carbons (Fsp3) is 0.440. The van der Waals surface area contributed by atoms with Crippen LogP contribution in [0.25, 0.3) is 10.9 Å². The summed E-state index contributed by atoms with van der Waals surface area (Å²) >= 11 is 0. The third-order valence-corrected chi connectivity index (χ3v) is 10.4. The molecule has 1 saturated heterocycles. The monoisotopic (exact) mass is 503 g/mol. The molecule has 7 nitrogen and oxygen atoms in total. The van der Waals surface area contributed by atoms with Gasteiger partial charge in [0.25, 0.3) is 20.2 Å². The smallest absolute Gasteiger partial charge is 0.241 e. The number of aromatic nitrogens is 1. The third-order valence-electron chi connectivity index (χ3n) is 6.20. The molecule has 1 aromatic heterocycles. The Kier molecular flexibility index (Phi) is 5.80. The summed E-state index contributed by atoms with van der Waals surface area (Å²) in [5, 5.41) is 0.725. The summed E-state index contributed by atoms with van der Waals surface area (Å²) < 4.78 is 59.0. The van der Waals surface area contributed by atoms with E-state index < -0.39 is 37.4 Å². The first-order valence-corrected chi connectivity index (χ1v) is 14.1. The van der Waals surface area contributed by atoms with Gasteiger partial charge in [0, 0.05) is 29.2 Å². The van der Waals surface area contributed by atoms with Crippen molar-refractivity contribution in [1.82, 2.24) is 12.6 Å². The number of benzene rings is 2. The predicted molar refractivity (Wildman–Crippen MR) is 135 cm³/mol. The van der Waals surface area contributed by atoms with Crippen molar-refractivity contribution in [1.29, 1.82) is 0 Å². The highest BCUT2D eigenvalue weighted by molar-refractivity contribution is 7.90. The van der Waals surface area contributed by atoms with Gasteiger partial charge in [-0.25, -0.2) is 12.4 Å². The molecule has 0 N–H and O–H groups in total. The molecule has 2 heterocycles. The zero-order valence-electron chi connectivity index (χ0n) is 20.8. The van der Waals surface area contributed by atoms with Crippen molar-refractivity contribution in [2.75, 3.05) is 6.54 Å². The molecule has 0 amide bonds. The normalized spacial score (nSPS) is 20.3. The van der Waals surface area contributed by atoms with E-state index in [4.69, 9.17) is 0 Å². The molecule has 1 fully saturated rings. The summed E-state index contributed by atoms with van der Waals surface area (Å²) in [4.78, 5) is 0.188. The van der Waals surface area contributed by atoms with Crippen LogP contribution >= 0.6 is 0 Å². The maximum absolute atomic E-state index is 13.7. The van der Waals surface area contributed by atoms with Gasteiger partial charge < -0.3 is 0 Å². The average Bonchev–Trinajstić information content (AvgIpc) is 3.23. The number of rotatable bonds is 3. The first-order valence-electron chi connectivity index (χ1n) is 11.3. The van der Waals surface area contributed by atoms with Crippen LogP contribution in [0.2, 0.25) is 0 Å². The number of fused-ring (bicyclic) bond motifs is 1. The van der Waals surface area contributed by atoms with Crippen LogP contribution in [0.4, 0.5) is 0 Å². The van der Waals surface area contributed by atoms with Crippen LogP contribution in [0.15, 0.2) is 59.6 Å². The van der Waals surface area contributed by atoms with Gasteiger partial charge in [0.1, 0.15) is 0 Å². The Labute approximate surface area is 203 Å². The first kappa shape index (κ1) is 24.9. The van der Waals surface area contributed by atoms with Crippen LogP contribution in [0.5, 0.6) is 0 Å². The minimum Gasteiger partial charge on any atom is -0.241 e. The Bertz CT molecular complexity index is 1440. The number of para-hydroxylation sites is 1. The van der Waals surface area contributed by atoms with Crippen molar-refractivity contribution in [3.8, 4) is 0 Å². The molecule has 4 rings (SSSR count). The molecule has 0 bridgehead atoms. The van der Waals surface area contributed by atoms with Crippen LogP contribution in [0.1, 0.15) is 58.7 Å². The van der Waals surface area contributed by atoms with E-state index in [1.165, 1.54) is 12.6 Å². The zero-order valence-corrected chi connectivity index (χ0v) is 22.4. The lowest BCUT2D eigenvalue weighted by Crippen LogP contribution is -2.49. The standard InChI is InChI=1S/C25H33N3O4S2/c1-18-12-14-19(15-13-18)33(29,30)26-16-21(20-10-8-9-11-22(20)26)23-17-27(24(2,3)4)34(31,32)28(23)25(5,6)7/h8-16,23H,17H2,1-7H3. The minimum atomic E-state index is -3.88. The van der Waals surface area contributed by atoms with E-state index in [1.807, 2.05) is 60.6 Å². The largest absolute Gasteiger partial charge is 0.283 e. The lowest BCUT2D eigenvalue weighted by atomic mass is 9.99. The van der Waals surface area contributed by atoms with Gasteiger partial charge >= 0.3 is 0 Å². The number of aryl methyl sites for hydroxylation is 1. The van der Waals surface area contributed by atoms with E-state index in [1.54, 1.807) is 42.6 Å². The molecule has 1 aliphatic heterocycles. The molecule has 0 spiro atoms. The van der Waals surface area contributed by atoms with Gasteiger partial charge in [0.15, 0.2) is 0 Å². The molecule has 0 radical (unpaired) electrons. The second-order valence-electron chi connectivity index (χ2n) is 10.9. The second kappa shape index (κ2) is 7.91. The van der Waals surface area contributed by atoms with Crippen LogP contribution in [0.3, 0.4) is 0 Å². The van der Waals surface area contributed by atoms with E-state index in [0.29, 0.717) is 11.1 Å². The van der Waals surface area contributed by atoms with Crippen molar-refractivity contribution in [3.63, 3.8) is 0 Å². The summed E-state index contributed by atoms with van der Waals surface area (Å²) in [7, 11) is -7.66. The first-order chi connectivity index (χ1) is 15.6. The second-order valence-corrected chi connectivity index (χ2v) is 14.5. The summed E-state index contributed by atoms with van der Waals surface area (Å²) in [6, 6.07) is 13.5. The van der Waals surface area contributed by atoms with Gasteiger partial charge in [-0.15, -0.1) is 0 Å². The van der Waals surface area contributed by atoms with E-state index in [9.17, 15) is 16.8 Å². The minimum absolute atomic E-state index is 0.188. The molecule has 2 aromatic carbocycles. The fourth-order valence-corrected chi connectivity index (χ4v) is 8.52. The van der Waals surface area contributed by atoms with Crippen molar-refractivity contribution >= 4 is 31.1 Å². The Morgan fingerprint density at radius 2 is 1.47 bits per heavy atom. The van der Waals surface area contributed by atoms with Gasteiger partial charge in [-0.1, -0.05) is 35.9 Å². The van der Waals surface area contributed by atoms with E-state index in [0.717, 1.165) is 10.9 Å². The van der Waals surface area contributed by atoms with E-state index in [-0.39, 0.29) is 11.4 Å². The summed E-state index contributed by atoms with van der Waals surface area (Å²) in [5.74, 6) is 0. The molecular formula is C25H33N3O4S2. The van der Waals surface area contributed by atoms with Crippen LogP contribution in [-0.2, 0) is 20.2 Å². The highest BCUT2D eigenvalue weighted by atomic mass is 32.2. The maximum atomic E-state index is 13.7. The topological polar surface area (TPSA) is 79.7 Å². The summed E-state index contributed by atoms with van der Waals surface area (Å²) in [5.41, 5.74) is 0.845. The highest BCUT2D eigenvalue weighted by Crippen LogP contribution is 2.45. The van der Waals surface area contributed by atoms with Crippen molar-refractivity contribution in [2.45, 2.75) is 70.5 Å². The van der Waals surface area contributed by atoms with Gasteiger partial charge in [-0.3, -0.25) is 0 Å². The molecule has 3 aromatic rings. The zero-order chi connectivity index (χ0) is 25.3. The van der Waals surface area contributed by atoms with E-state index in [2.05, 4.69) is 0 Å². The molecule has 0 saturated carbocycles. The lowest BCUT2D eigenvalue weighted by molar-refractivity contribution is 0.206. The predicted octanol–water partition coefficient (Wildman–Crippen LogP) is 4.69. The lowest BCUT2D eigenvalue weighted by Gasteiger charge is -2.36. The van der Waals surface area contributed by atoms with Gasteiger partial charge in [0.2, 0.25) is 0 Å². The maximum Gasteiger partial charge on any atom is 0.283 e. The number of nitrogens with zero attached hydrogens (tertiary/aromatic N) is 3. The van der Waals surface area contributed by atoms with Crippen molar-refractivity contribution in [2.24, 2.45) is 0 Å². The Morgan fingerprint density at radius 3 is 2.03 bits per heavy atom. The molecule has 9 heteroatoms. The van der Waals surface area contributed by atoms with Crippen LogP contribution in [-0.4, -0.2) is 47.0 Å². The molecular weight excluding hydrogens is 470 g/mol. The number of hydrogen-bond donors (Lipinski definition) is 0. The Balaban J connectivity index is 1.96. The van der Waals surface area contributed by atoms with Crippen molar-refractivity contribution < 1.29 is 16.8 Å². The number of hydrogen-bond acceptors (Lipinski definition) is 4. The van der Waals surface area contributed by atoms with Gasteiger partial charge in [-0.05, 0) is 72.2 Å². The molecule has 1 aliphatic rings. The Hall–Kier alpha value is -2.20. The highest BCUT2D eigenvalue weighted by Gasteiger charge is 2.53. The SMILES string of the molecule is Cc1ccc(S(=O)(=O)n2cc(C3CN(C(C)(C)C)S(=O)(=O)N3C(C)(C)C)c3ccccc32)cc1. The summed E-state index contributed by atoms with van der Waals surface area (Å²) in [6.45, 7) is 13.4. The average molecular weight is 504 g/mol. The molecule has 34 heavy (non-hydrogen) atoms.